The molecule has 0 aliphatic carbocycles. The normalized spacial score (nSPS) is 11.1. The molecule has 2 heterocycles. The fourth-order valence-electron chi connectivity index (χ4n) is 1.79. The maximum absolute atomic E-state index is 12.5. The number of aryl methyl sites for hydroxylation is 1. The van der Waals surface area contributed by atoms with Gasteiger partial charge in [-0.15, -0.1) is 0 Å². The highest BCUT2D eigenvalue weighted by Crippen LogP contribution is 2.23. The summed E-state index contributed by atoms with van der Waals surface area (Å²) >= 11 is 0. The van der Waals surface area contributed by atoms with Crippen LogP contribution in [0.25, 0.3) is 0 Å². The maximum Gasteiger partial charge on any atom is 0.265 e. The van der Waals surface area contributed by atoms with Crippen molar-refractivity contribution in [1.29, 1.82) is 0 Å². The average molecular weight is 306 g/mol. The second kappa shape index (κ2) is 6.53. The Labute approximate surface area is 124 Å². The Hall–Kier alpha value is -2.15. The van der Waals surface area contributed by atoms with Crippen LogP contribution in [0.4, 0.5) is 11.4 Å². The standard InChI is InChI=1S/C14H18N4O2S/c1-3-7-17-13-6-9-15-10-14(13)21(19,20)18-12-5-4-8-16-11(12)2/h4-6,8-10,18H,3,7H2,1-2H3,(H,15,17). The Bertz CT molecular complexity index is 716. The highest BCUT2D eigenvalue weighted by Gasteiger charge is 2.19. The van der Waals surface area contributed by atoms with Crippen LogP contribution in [0.5, 0.6) is 0 Å². The third kappa shape index (κ3) is 3.69. The highest BCUT2D eigenvalue weighted by molar-refractivity contribution is 7.92. The Morgan fingerprint density at radius 2 is 2.00 bits per heavy atom. The molecule has 0 saturated heterocycles. The SMILES string of the molecule is CCCNc1ccncc1S(=O)(=O)Nc1cccnc1C. The molecule has 0 bridgehead atoms. The number of nitrogens with zero attached hydrogens (tertiary/aromatic N) is 2. The van der Waals surface area contributed by atoms with Gasteiger partial charge in [-0.25, -0.2) is 8.42 Å². The third-order valence-electron chi connectivity index (χ3n) is 2.89. The van der Waals surface area contributed by atoms with Crippen molar-refractivity contribution in [2.45, 2.75) is 25.2 Å². The smallest absolute Gasteiger partial charge is 0.265 e. The summed E-state index contributed by atoms with van der Waals surface area (Å²) in [5.74, 6) is 0. The molecule has 7 heteroatoms. The number of hydrogen-bond acceptors (Lipinski definition) is 5. The van der Waals surface area contributed by atoms with Crippen molar-refractivity contribution in [1.82, 2.24) is 9.97 Å². The zero-order chi connectivity index (χ0) is 15.3. The molecule has 0 aliphatic rings. The lowest BCUT2D eigenvalue weighted by Crippen LogP contribution is -2.17. The summed E-state index contributed by atoms with van der Waals surface area (Å²) in [6, 6.07) is 5.01. The average Bonchev–Trinajstić information content (AvgIpc) is 2.47. The van der Waals surface area contributed by atoms with Crippen LogP contribution < -0.4 is 10.0 Å². The van der Waals surface area contributed by atoms with E-state index in [0.717, 1.165) is 6.42 Å². The lowest BCUT2D eigenvalue weighted by molar-refractivity contribution is 0.601. The monoisotopic (exact) mass is 306 g/mol. The molecule has 0 amide bonds. The molecule has 21 heavy (non-hydrogen) atoms. The van der Waals surface area contributed by atoms with E-state index < -0.39 is 10.0 Å². The number of hydrogen-bond donors (Lipinski definition) is 2. The van der Waals surface area contributed by atoms with E-state index in [1.54, 1.807) is 37.5 Å². The summed E-state index contributed by atoms with van der Waals surface area (Å²) in [6.07, 6.45) is 5.42. The van der Waals surface area contributed by atoms with E-state index in [0.29, 0.717) is 23.6 Å². The Kier molecular flexibility index (Phi) is 4.74. The number of anilines is 2. The quantitative estimate of drug-likeness (QED) is 0.856. The lowest BCUT2D eigenvalue weighted by atomic mass is 10.3. The van der Waals surface area contributed by atoms with Gasteiger partial charge >= 0.3 is 0 Å². The van der Waals surface area contributed by atoms with Crippen LogP contribution in [-0.4, -0.2) is 24.9 Å². The van der Waals surface area contributed by atoms with Crippen LogP contribution >= 0.6 is 0 Å². The Morgan fingerprint density at radius 1 is 1.19 bits per heavy atom. The molecular formula is C14H18N4O2S. The Balaban J connectivity index is 2.34. The molecule has 0 aromatic carbocycles. The van der Waals surface area contributed by atoms with Crippen molar-refractivity contribution in [2.75, 3.05) is 16.6 Å². The van der Waals surface area contributed by atoms with E-state index in [4.69, 9.17) is 0 Å². The van der Waals surface area contributed by atoms with Crippen LogP contribution in [0.1, 0.15) is 19.0 Å². The number of nitrogens with one attached hydrogen (secondary N) is 2. The topological polar surface area (TPSA) is 84.0 Å². The number of pyridine rings is 2. The number of sulfonamides is 1. The molecule has 0 aliphatic heterocycles. The molecule has 112 valence electrons. The molecule has 2 N–H and O–H groups in total. The molecule has 6 nitrogen and oxygen atoms in total. The van der Waals surface area contributed by atoms with Crippen molar-refractivity contribution in [3.8, 4) is 0 Å². The van der Waals surface area contributed by atoms with Crippen molar-refractivity contribution >= 4 is 21.4 Å². The second-order valence-electron chi connectivity index (χ2n) is 4.54. The van der Waals surface area contributed by atoms with E-state index in [1.165, 1.54) is 6.20 Å². The molecule has 0 atom stereocenters. The summed E-state index contributed by atoms with van der Waals surface area (Å²) in [4.78, 5) is 8.11. The first-order chi connectivity index (χ1) is 10.0. The highest BCUT2D eigenvalue weighted by atomic mass is 32.2. The first-order valence-electron chi connectivity index (χ1n) is 6.67. The van der Waals surface area contributed by atoms with E-state index in [9.17, 15) is 8.42 Å². The molecule has 0 radical (unpaired) electrons. The second-order valence-corrected chi connectivity index (χ2v) is 6.19. The summed E-state index contributed by atoms with van der Waals surface area (Å²) in [5, 5.41) is 3.09. The van der Waals surface area contributed by atoms with Gasteiger partial charge in [0.1, 0.15) is 4.90 Å². The first-order valence-corrected chi connectivity index (χ1v) is 8.15. The zero-order valence-electron chi connectivity index (χ0n) is 12.0. The van der Waals surface area contributed by atoms with Gasteiger partial charge in [-0.05, 0) is 31.5 Å². The predicted molar refractivity (Wildman–Crippen MR) is 82.8 cm³/mol. The summed E-state index contributed by atoms with van der Waals surface area (Å²) < 4.78 is 27.6. The summed E-state index contributed by atoms with van der Waals surface area (Å²) in [7, 11) is -3.71. The minimum absolute atomic E-state index is 0.127. The van der Waals surface area contributed by atoms with Gasteiger partial charge in [0.25, 0.3) is 10.0 Å². The van der Waals surface area contributed by atoms with Gasteiger partial charge in [0.2, 0.25) is 0 Å². The lowest BCUT2D eigenvalue weighted by Gasteiger charge is -2.13. The molecule has 0 unspecified atom stereocenters. The Morgan fingerprint density at radius 3 is 2.71 bits per heavy atom. The molecule has 0 spiro atoms. The van der Waals surface area contributed by atoms with Crippen molar-refractivity contribution < 1.29 is 8.42 Å². The first kappa shape index (κ1) is 15.2. The van der Waals surface area contributed by atoms with Gasteiger partial charge in [0, 0.05) is 25.1 Å². The molecule has 2 aromatic rings. The maximum atomic E-state index is 12.5. The van der Waals surface area contributed by atoms with Crippen LogP contribution in [0.15, 0.2) is 41.7 Å². The van der Waals surface area contributed by atoms with Gasteiger partial charge < -0.3 is 5.32 Å². The van der Waals surface area contributed by atoms with Gasteiger partial charge in [-0.1, -0.05) is 6.92 Å². The van der Waals surface area contributed by atoms with Crippen LogP contribution in [0.3, 0.4) is 0 Å². The summed E-state index contributed by atoms with van der Waals surface area (Å²) in [6.45, 7) is 4.45. The van der Waals surface area contributed by atoms with E-state index in [-0.39, 0.29) is 4.90 Å². The van der Waals surface area contributed by atoms with E-state index in [1.807, 2.05) is 6.92 Å². The fraction of sp³-hybridized carbons (Fsp3) is 0.286. The minimum atomic E-state index is -3.71. The molecular weight excluding hydrogens is 288 g/mol. The third-order valence-corrected chi connectivity index (χ3v) is 4.28. The van der Waals surface area contributed by atoms with Gasteiger partial charge in [0.15, 0.2) is 0 Å². The number of rotatable bonds is 6. The van der Waals surface area contributed by atoms with Crippen LogP contribution in [-0.2, 0) is 10.0 Å². The van der Waals surface area contributed by atoms with E-state index >= 15 is 0 Å². The fourth-order valence-corrected chi connectivity index (χ4v) is 3.04. The zero-order valence-corrected chi connectivity index (χ0v) is 12.8. The van der Waals surface area contributed by atoms with Crippen LogP contribution in [0, 0.1) is 6.92 Å². The van der Waals surface area contributed by atoms with Gasteiger partial charge in [-0.2, -0.15) is 0 Å². The predicted octanol–water partition coefficient (Wildman–Crippen LogP) is 2.41. The number of aromatic nitrogens is 2. The summed E-state index contributed by atoms with van der Waals surface area (Å²) in [5.41, 5.74) is 1.62. The minimum Gasteiger partial charge on any atom is -0.384 e. The van der Waals surface area contributed by atoms with Crippen molar-refractivity contribution in [3.05, 3.63) is 42.5 Å². The van der Waals surface area contributed by atoms with Crippen molar-refractivity contribution in [2.24, 2.45) is 0 Å². The molecule has 2 aromatic heterocycles. The molecule has 2 rings (SSSR count). The van der Waals surface area contributed by atoms with Gasteiger partial charge in [-0.3, -0.25) is 14.7 Å². The molecule has 0 saturated carbocycles. The molecule has 0 fully saturated rings. The van der Waals surface area contributed by atoms with Crippen LogP contribution in [0.2, 0.25) is 0 Å². The van der Waals surface area contributed by atoms with Gasteiger partial charge in [0.05, 0.1) is 17.1 Å². The van der Waals surface area contributed by atoms with Crippen molar-refractivity contribution in [3.63, 3.8) is 0 Å². The van der Waals surface area contributed by atoms with E-state index in [2.05, 4.69) is 20.0 Å². The largest absolute Gasteiger partial charge is 0.384 e.